The number of fused-ring (bicyclic) bond motifs is 1. The number of carboxylic acid groups (broad SMARTS) is 1. The Morgan fingerprint density at radius 1 is 1.12 bits per heavy atom. The van der Waals surface area contributed by atoms with Crippen molar-refractivity contribution in [2.24, 2.45) is 0 Å². The summed E-state index contributed by atoms with van der Waals surface area (Å²) in [5, 5.41) is 7.88. The highest BCUT2D eigenvalue weighted by Gasteiger charge is 2.42. The predicted molar refractivity (Wildman–Crippen MR) is 78.7 cm³/mol. The smallest absolute Gasteiger partial charge is 0.418 e. The van der Waals surface area contributed by atoms with Gasteiger partial charge in [-0.05, 0) is 6.92 Å². The first-order valence-electron chi connectivity index (χ1n) is 6.97. The Morgan fingerprint density at radius 2 is 1.69 bits per heavy atom. The maximum absolute atomic E-state index is 13.3. The highest BCUT2D eigenvalue weighted by atomic mass is 32.1. The van der Waals surface area contributed by atoms with Gasteiger partial charge in [-0.1, -0.05) is 0 Å². The average molecular weight is 404 g/mol. The Balaban J connectivity index is 2.99. The first-order chi connectivity index (χ1) is 11.8. The molecule has 2 heterocycles. The van der Waals surface area contributed by atoms with Gasteiger partial charge in [0.15, 0.2) is 0 Å². The largest absolute Gasteiger partial charge is 0.477 e. The van der Waals surface area contributed by atoms with Gasteiger partial charge < -0.3 is 5.11 Å². The lowest BCUT2D eigenvalue weighted by Crippen LogP contribution is -2.40. The zero-order valence-electron chi connectivity index (χ0n) is 12.9. The monoisotopic (exact) mass is 404 g/mol. The van der Waals surface area contributed by atoms with Gasteiger partial charge in [0.1, 0.15) is 9.71 Å². The van der Waals surface area contributed by atoms with Gasteiger partial charge in [-0.3, -0.25) is 13.9 Å². The minimum absolute atomic E-state index is 0.0537. The molecule has 13 heteroatoms. The van der Waals surface area contributed by atoms with Crippen LogP contribution in [0.1, 0.15) is 28.6 Å². The summed E-state index contributed by atoms with van der Waals surface area (Å²) in [5.41, 5.74) is -4.40. The molecule has 0 unspecified atom stereocenters. The molecule has 2 aromatic rings. The molecule has 26 heavy (non-hydrogen) atoms. The number of hydrogen-bond donors (Lipinski definition) is 1. The lowest BCUT2D eigenvalue weighted by molar-refractivity contribution is -0.137. The van der Waals surface area contributed by atoms with Crippen LogP contribution in [0.25, 0.3) is 10.2 Å². The highest BCUT2D eigenvalue weighted by molar-refractivity contribution is 7.20. The van der Waals surface area contributed by atoms with E-state index in [2.05, 4.69) is 0 Å². The molecular weight excluding hydrogens is 394 g/mol. The number of hydrogen-bond acceptors (Lipinski definition) is 4. The third-order valence-corrected chi connectivity index (χ3v) is 4.67. The molecule has 0 saturated heterocycles. The molecule has 1 N–H and O–H groups in total. The molecule has 144 valence electrons. The van der Waals surface area contributed by atoms with E-state index in [0.717, 1.165) is 0 Å². The summed E-state index contributed by atoms with van der Waals surface area (Å²) in [6.45, 7) is -0.189. The zero-order valence-corrected chi connectivity index (χ0v) is 13.7. The van der Waals surface area contributed by atoms with Crippen LogP contribution in [-0.2, 0) is 19.3 Å². The van der Waals surface area contributed by atoms with Gasteiger partial charge in [0.25, 0.3) is 5.56 Å². The highest BCUT2D eigenvalue weighted by Crippen LogP contribution is 2.40. The SMILES string of the molecule is CCn1c(=O)c2c(C(F)(F)F)c(C(=O)O)sc2n(CCC(F)(F)F)c1=O. The molecule has 0 aromatic carbocycles. The molecule has 0 fully saturated rings. The van der Waals surface area contributed by atoms with Crippen LogP contribution < -0.4 is 11.2 Å². The van der Waals surface area contributed by atoms with Crippen molar-refractivity contribution in [1.82, 2.24) is 9.13 Å². The van der Waals surface area contributed by atoms with Crippen LogP contribution >= 0.6 is 11.3 Å². The fourth-order valence-corrected chi connectivity index (χ4v) is 3.57. The van der Waals surface area contributed by atoms with Gasteiger partial charge in [-0.15, -0.1) is 11.3 Å². The minimum Gasteiger partial charge on any atom is -0.477 e. The summed E-state index contributed by atoms with van der Waals surface area (Å²) >= 11 is -0.0537. The summed E-state index contributed by atoms with van der Waals surface area (Å²) in [5.74, 6) is -2.00. The third-order valence-electron chi connectivity index (χ3n) is 3.47. The maximum atomic E-state index is 13.3. The van der Waals surface area contributed by atoms with Gasteiger partial charge in [0.05, 0.1) is 17.4 Å². The maximum Gasteiger partial charge on any atom is 0.418 e. The first kappa shape index (κ1) is 20.0. The molecule has 0 aliphatic rings. The molecule has 0 atom stereocenters. The zero-order chi connectivity index (χ0) is 20.0. The molecule has 2 rings (SSSR count). The Kier molecular flexibility index (Phi) is 4.96. The van der Waals surface area contributed by atoms with E-state index in [1.807, 2.05) is 0 Å². The van der Waals surface area contributed by atoms with Crippen molar-refractivity contribution in [3.63, 3.8) is 0 Å². The lowest BCUT2D eigenvalue weighted by Gasteiger charge is -2.13. The average Bonchev–Trinajstić information content (AvgIpc) is 2.87. The number of aryl methyl sites for hydroxylation is 1. The number of carboxylic acids is 1. The van der Waals surface area contributed by atoms with Crippen molar-refractivity contribution >= 4 is 27.5 Å². The molecule has 0 spiro atoms. The predicted octanol–water partition coefficient (Wildman–Crippen LogP) is 2.91. The van der Waals surface area contributed by atoms with Crippen molar-refractivity contribution in [3.8, 4) is 0 Å². The van der Waals surface area contributed by atoms with E-state index in [4.69, 9.17) is 5.11 Å². The van der Waals surface area contributed by atoms with Crippen LogP contribution in [-0.4, -0.2) is 26.4 Å². The number of rotatable bonds is 4. The Hall–Kier alpha value is -2.31. The Labute approximate surface area is 143 Å². The van der Waals surface area contributed by atoms with Gasteiger partial charge >= 0.3 is 24.0 Å². The number of aromatic carboxylic acids is 1. The topological polar surface area (TPSA) is 81.3 Å². The standard InChI is InChI=1S/C13H10F6N2O4S/c1-2-20-8(22)5-6(13(17,18)19)7(10(23)24)26-9(5)21(11(20)25)4-3-12(14,15)16/h2-4H2,1H3,(H,23,24). The number of nitrogens with zero attached hydrogens (tertiary/aromatic N) is 2. The number of carbonyl (C=O) groups is 1. The van der Waals surface area contributed by atoms with Crippen molar-refractivity contribution in [2.45, 2.75) is 38.8 Å². The van der Waals surface area contributed by atoms with Crippen LogP contribution in [0.3, 0.4) is 0 Å². The lowest BCUT2D eigenvalue weighted by atomic mass is 10.1. The van der Waals surface area contributed by atoms with E-state index in [1.165, 1.54) is 6.92 Å². The van der Waals surface area contributed by atoms with E-state index >= 15 is 0 Å². The van der Waals surface area contributed by atoms with Gasteiger partial charge in [0, 0.05) is 13.1 Å². The van der Waals surface area contributed by atoms with E-state index in [0.29, 0.717) is 9.13 Å². The number of aromatic nitrogens is 2. The van der Waals surface area contributed by atoms with E-state index in [1.54, 1.807) is 0 Å². The summed E-state index contributed by atoms with van der Waals surface area (Å²) in [4.78, 5) is 33.6. The van der Waals surface area contributed by atoms with Crippen LogP contribution in [0.5, 0.6) is 0 Å². The molecule has 0 bridgehead atoms. The van der Waals surface area contributed by atoms with Crippen LogP contribution in [0.2, 0.25) is 0 Å². The van der Waals surface area contributed by atoms with Crippen molar-refractivity contribution in [2.75, 3.05) is 0 Å². The summed E-state index contributed by atoms with van der Waals surface area (Å²) < 4.78 is 78.1. The number of thiophene rings is 1. The molecule has 2 aromatic heterocycles. The second-order valence-corrected chi connectivity index (χ2v) is 6.14. The molecule has 0 aliphatic carbocycles. The second-order valence-electron chi connectivity index (χ2n) is 5.14. The van der Waals surface area contributed by atoms with Crippen molar-refractivity contribution < 1.29 is 36.2 Å². The Bertz CT molecular complexity index is 982. The molecule has 0 radical (unpaired) electrons. The first-order valence-corrected chi connectivity index (χ1v) is 7.78. The third kappa shape index (κ3) is 3.48. The molecule has 6 nitrogen and oxygen atoms in total. The van der Waals surface area contributed by atoms with Crippen molar-refractivity contribution in [3.05, 3.63) is 31.3 Å². The molecule has 0 amide bonds. The van der Waals surface area contributed by atoms with Gasteiger partial charge in [0.2, 0.25) is 0 Å². The van der Waals surface area contributed by atoms with Gasteiger partial charge in [-0.2, -0.15) is 26.3 Å². The van der Waals surface area contributed by atoms with Crippen LogP contribution in [0.4, 0.5) is 26.3 Å². The quantitative estimate of drug-likeness (QED) is 0.795. The van der Waals surface area contributed by atoms with Crippen molar-refractivity contribution in [1.29, 1.82) is 0 Å². The fraction of sp³-hybridized carbons (Fsp3) is 0.462. The molecular formula is C13H10F6N2O4S. The van der Waals surface area contributed by atoms with Gasteiger partial charge in [-0.25, -0.2) is 9.59 Å². The number of halogens is 6. The normalized spacial score (nSPS) is 12.7. The van der Waals surface area contributed by atoms with Crippen LogP contribution in [0.15, 0.2) is 9.59 Å². The summed E-state index contributed by atoms with van der Waals surface area (Å²) in [7, 11) is 0. The molecule has 0 aliphatic heterocycles. The minimum atomic E-state index is -5.25. The van der Waals surface area contributed by atoms with E-state index in [-0.39, 0.29) is 11.3 Å². The molecule has 0 saturated carbocycles. The van der Waals surface area contributed by atoms with E-state index in [9.17, 15) is 40.7 Å². The summed E-state index contributed by atoms with van der Waals surface area (Å²) in [6.07, 6.45) is -11.5. The van der Waals surface area contributed by atoms with Crippen LogP contribution in [0, 0.1) is 0 Å². The van der Waals surface area contributed by atoms with E-state index < -0.39 is 69.7 Å². The Morgan fingerprint density at radius 3 is 2.12 bits per heavy atom. The second kappa shape index (κ2) is 6.45. The number of alkyl halides is 6. The summed E-state index contributed by atoms with van der Waals surface area (Å²) in [6, 6.07) is 0. The fourth-order valence-electron chi connectivity index (χ4n) is 2.40.